The summed E-state index contributed by atoms with van der Waals surface area (Å²) in [5.74, 6) is 0.0486. The standard InChI is InChI=1S/C11H11BrFN3S/c1-2-3-14-11-15-4-9(13)10(16-11)7-5-17-6-8(7)12/h4-6H,2-3H2,1H3,(H,14,15,16). The number of nitrogens with zero attached hydrogens (tertiary/aromatic N) is 2. The van der Waals surface area contributed by atoms with E-state index in [9.17, 15) is 4.39 Å². The molecule has 90 valence electrons. The molecule has 2 heterocycles. The average molecular weight is 316 g/mol. The maximum atomic E-state index is 13.7. The molecule has 0 bridgehead atoms. The summed E-state index contributed by atoms with van der Waals surface area (Å²) in [7, 11) is 0. The summed E-state index contributed by atoms with van der Waals surface area (Å²) in [5, 5.41) is 6.80. The average Bonchev–Trinajstić information content (AvgIpc) is 2.74. The first-order chi connectivity index (χ1) is 8.22. The van der Waals surface area contributed by atoms with Crippen LogP contribution in [0.15, 0.2) is 21.4 Å². The summed E-state index contributed by atoms with van der Waals surface area (Å²) < 4.78 is 14.5. The molecule has 0 radical (unpaired) electrons. The molecule has 2 aromatic rings. The van der Waals surface area contributed by atoms with Gasteiger partial charge in [0.25, 0.3) is 0 Å². The summed E-state index contributed by atoms with van der Waals surface area (Å²) in [4.78, 5) is 8.10. The molecule has 0 atom stereocenters. The third-order valence-corrected chi connectivity index (χ3v) is 3.85. The lowest BCUT2D eigenvalue weighted by atomic mass is 10.2. The van der Waals surface area contributed by atoms with Crippen molar-refractivity contribution < 1.29 is 4.39 Å². The van der Waals surface area contributed by atoms with E-state index in [0.717, 1.165) is 23.0 Å². The molecule has 0 aliphatic carbocycles. The molecular weight excluding hydrogens is 305 g/mol. The second-order valence-corrected chi connectivity index (χ2v) is 5.05. The molecule has 2 rings (SSSR count). The fourth-order valence-electron chi connectivity index (χ4n) is 1.33. The van der Waals surface area contributed by atoms with Crippen LogP contribution < -0.4 is 5.32 Å². The summed E-state index contributed by atoms with van der Waals surface area (Å²) in [6, 6.07) is 0. The first-order valence-electron chi connectivity index (χ1n) is 5.21. The SMILES string of the molecule is CCCNc1ncc(F)c(-c2cscc2Br)n1. The van der Waals surface area contributed by atoms with Crippen molar-refractivity contribution in [1.29, 1.82) is 0 Å². The van der Waals surface area contributed by atoms with Crippen molar-refractivity contribution in [3.05, 3.63) is 27.2 Å². The highest BCUT2D eigenvalue weighted by Crippen LogP contribution is 2.32. The molecule has 0 aromatic carbocycles. The number of hydrogen-bond acceptors (Lipinski definition) is 4. The molecule has 0 saturated heterocycles. The molecule has 0 aliphatic rings. The van der Waals surface area contributed by atoms with E-state index >= 15 is 0 Å². The van der Waals surface area contributed by atoms with Gasteiger partial charge in [-0.25, -0.2) is 14.4 Å². The molecule has 0 spiro atoms. The van der Waals surface area contributed by atoms with Crippen molar-refractivity contribution in [2.24, 2.45) is 0 Å². The van der Waals surface area contributed by atoms with Crippen molar-refractivity contribution in [1.82, 2.24) is 9.97 Å². The van der Waals surface area contributed by atoms with Gasteiger partial charge in [-0.05, 0) is 22.4 Å². The molecule has 2 aromatic heterocycles. The van der Waals surface area contributed by atoms with Gasteiger partial charge >= 0.3 is 0 Å². The van der Waals surface area contributed by atoms with Gasteiger partial charge in [0.1, 0.15) is 5.69 Å². The summed E-state index contributed by atoms with van der Waals surface area (Å²) in [6.07, 6.45) is 2.17. The number of hydrogen-bond donors (Lipinski definition) is 1. The Hall–Kier alpha value is -1.01. The third-order valence-electron chi connectivity index (χ3n) is 2.15. The number of halogens is 2. The van der Waals surface area contributed by atoms with Crippen LogP contribution in [0.4, 0.5) is 10.3 Å². The molecule has 3 nitrogen and oxygen atoms in total. The van der Waals surface area contributed by atoms with Crippen LogP contribution in [0.2, 0.25) is 0 Å². The highest BCUT2D eigenvalue weighted by atomic mass is 79.9. The highest BCUT2D eigenvalue weighted by molar-refractivity contribution is 9.10. The monoisotopic (exact) mass is 315 g/mol. The van der Waals surface area contributed by atoms with E-state index in [2.05, 4.69) is 31.2 Å². The van der Waals surface area contributed by atoms with Crippen molar-refractivity contribution in [2.45, 2.75) is 13.3 Å². The molecule has 1 N–H and O–H groups in total. The third kappa shape index (κ3) is 2.81. The number of anilines is 1. The van der Waals surface area contributed by atoms with Gasteiger partial charge in [-0.3, -0.25) is 0 Å². The van der Waals surface area contributed by atoms with Crippen LogP contribution in [0, 0.1) is 5.82 Å². The van der Waals surface area contributed by atoms with Gasteiger partial charge in [-0.15, -0.1) is 0 Å². The number of thiophene rings is 1. The van der Waals surface area contributed by atoms with Gasteiger partial charge < -0.3 is 5.32 Å². The zero-order valence-corrected chi connectivity index (χ0v) is 11.6. The molecule has 17 heavy (non-hydrogen) atoms. The number of rotatable bonds is 4. The van der Waals surface area contributed by atoms with Gasteiger partial charge in [-0.2, -0.15) is 11.3 Å². The minimum absolute atomic E-state index is 0.326. The van der Waals surface area contributed by atoms with E-state index in [1.807, 2.05) is 17.7 Å². The maximum absolute atomic E-state index is 13.7. The Kier molecular flexibility index (Phi) is 4.06. The van der Waals surface area contributed by atoms with Gasteiger partial charge in [0, 0.05) is 27.3 Å². The number of nitrogens with one attached hydrogen (secondary N) is 1. The summed E-state index contributed by atoms with van der Waals surface area (Å²) >= 11 is 4.88. The van der Waals surface area contributed by atoms with Crippen LogP contribution in [-0.2, 0) is 0 Å². The molecule has 0 fully saturated rings. The van der Waals surface area contributed by atoms with Crippen LogP contribution in [0.5, 0.6) is 0 Å². The zero-order valence-electron chi connectivity index (χ0n) is 9.20. The topological polar surface area (TPSA) is 37.8 Å². The lowest BCUT2D eigenvalue weighted by molar-refractivity contribution is 0.618. The second-order valence-electron chi connectivity index (χ2n) is 3.45. The minimum atomic E-state index is -0.411. The van der Waals surface area contributed by atoms with Crippen LogP contribution in [0.3, 0.4) is 0 Å². The fraction of sp³-hybridized carbons (Fsp3) is 0.273. The van der Waals surface area contributed by atoms with Crippen molar-refractivity contribution in [3.8, 4) is 11.3 Å². The van der Waals surface area contributed by atoms with Crippen molar-refractivity contribution >= 4 is 33.2 Å². The van der Waals surface area contributed by atoms with Crippen molar-refractivity contribution in [3.63, 3.8) is 0 Å². The predicted molar refractivity (Wildman–Crippen MR) is 71.8 cm³/mol. The summed E-state index contributed by atoms with van der Waals surface area (Å²) in [5.41, 5.74) is 1.08. The first kappa shape index (κ1) is 12.4. The Morgan fingerprint density at radius 1 is 1.47 bits per heavy atom. The minimum Gasteiger partial charge on any atom is -0.354 e. The van der Waals surface area contributed by atoms with E-state index in [1.54, 1.807) is 0 Å². The number of aromatic nitrogens is 2. The fourth-order valence-corrected chi connectivity index (χ4v) is 2.80. The first-order valence-corrected chi connectivity index (χ1v) is 6.94. The van der Waals surface area contributed by atoms with Crippen molar-refractivity contribution in [2.75, 3.05) is 11.9 Å². The van der Waals surface area contributed by atoms with Crippen LogP contribution in [-0.4, -0.2) is 16.5 Å². The maximum Gasteiger partial charge on any atom is 0.223 e. The van der Waals surface area contributed by atoms with E-state index in [-0.39, 0.29) is 0 Å². The Bertz CT molecular complexity index is 515. The van der Waals surface area contributed by atoms with E-state index in [4.69, 9.17) is 0 Å². The van der Waals surface area contributed by atoms with E-state index in [0.29, 0.717) is 11.6 Å². The molecule has 0 saturated carbocycles. The Morgan fingerprint density at radius 2 is 2.29 bits per heavy atom. The second kappa shape index (κ2) is 5.55. The summed E-state index contributed by atoms with van der Waals surface area (Å²) in [6.45, 7) is 2.82. The Labute approximate surface area is 111 Å². The normalized spacial score (nSPS) is 10.5. The Balaban J connectivity index is 2.36. The zero-order chi connectivity index (χ0) is 12.3. The smallest absolute Gasteiger partial charge is 0.223 e. The molecule has 0 amide bonds. The Morgan fingerprint density at radius 3 is 2.94 bits per heavy atom. The van der Waals surface area contributed by atoms with Gasteiger partial charge in [0.15, 0.2) is 5.82 Å². The lowest BCUT2D eigenvalue weighted by Crippen LogP contribution is -2.05. The predicted octanol–water partition coefficient (Wildman–Crippen LogP) is 3.93. The van der Waals surface area contributed by atoms with Gasteiger partial charge in [-0.1, -0.05) is 6.92 Å². The molecular formula is C11H11BrFN3S. The quantitative estimate of drug-likeness (QED) is 0.929. The highest BCUT2D eigenvalue weighted by Gasteiger charge is 2.12. The molecule has 6 heteroatoms. The van der Waals surface area contributed by atoms with Crippen LogP contribution >= 0.6 is 27.3 Å². The van der Waals surface area contributed by atoms with Crippen LogP contribution in [0.25, 0.3) is 11.3 Å². The van der Waals surface area contributed by atoms with E-state index in [1.165, 1.54) is 17.5 Å². The van der Waals surface area contributed by atoms with E-state index < -0.39 is 5.82 Å². The largest absolute Gasteiger partial charge is 0.354 e. The van der Waals surface area contributed by atoms with Gasteiger partial charge in [0.2, 0.25) is 5.95 Å². The van der Waals surface area contributed by atoms with Crippen LogP contribution in [0.1, 0.15) is 13.3 Å². The lowest BCUT2D eigenvalue weighted by Gasteiger charge is -2.05. The molecule has 0 unspecified atom stereocenters. The van der Waals surface area contributed by atoms with Gasteiger partial charge in [0.05, 0.1) is 6.20 Å². The molecule has 0 aliphatic heterocycles.